The molecule has 2 aromatic carbocycles. The van der Waals surface area contributed by atoms with Gasteiger partial charge in [-0.05, 0) is 48.2 Å². The summed E-state index contributed by atoms with van der Waals surface area (Å²) in [6.45, 7) is 6.91. The summed E-state index contributed by atoms with van der Waals surface area (Å²) in [7, 11) is 3.02. The highest BCUT2D eigenvalue weighted by molar-refractivity contribution is 5.89. The molecule has 0 saturated carbocycles. The predicted molar refractivity (Wildman–Crippen MR) is 146 cm³/mol. The van der Waals surface area contributed by atoms with E-state index in [9.17, 15) is 14.4 Å². The third kappa shape index (κ3) is 7.58. The Bertz CT molecular complexity index is 1120. The largest absolute Gasteiger partial charge is 0.497 e. The van der Waals surface area contributed by atoms with E-state index in [0.717, 1.165) is 42.8 Å². The lowest BCUT2D eigenvalue weighted by Crippen LogP contribution is -2.52. The smallest absolute Gasteiger partial charge is 0.337 e. The molecule has 0 aromatic heterocycles. The summed E-state index contributed by atoms with van der Waals surface area (Å²) in [5.74, 6) is 0.714. The highest BCUT2D eigenvalue weighted by Crippen LogP contribution is 2.26. The molecule has 9 nitrogen and oxygen atoms in total. The number of ether oxygens (including phenoxy) is 3. The lowest BCUT2D eigenvalue weighted by Gasteiger charge is -2.39. The monoisotopic (exact) mass is 537 g/mol. The molecule has 0 aliphatic carbocycles. The van der Waals surface area contributed by atoms with E-state index in [1.165, 1.54) is 7.11 Å². The molecule has 0 radical (unpaired) electrons. The Hall–Kier alpha value is -3.43. The number of piperazine rings is 1. The van der Waals surface area contributed by atoms with E-state index in [1.807, 2.05) is 46.2 Å². The summed E-state index contributed by atoms with van der Waals surface area (Å²) in [5.41, 5.74) is 2.49. The summed E-state index contributed by atoms with van der Waals surface area (Å²) < 4.78 is 16.6. The number of piperidine rings is 1. The maximum atomic E-state index is 13.1. The first kappa shape index (κ1) is 28.6. The summed E-state index contributed by atoms with van der Waals surface area (Å²) in [4.78, 5) is 42.6. The van der Waals surface area contributed by atoms with Gasteiger partial charge in [-0.2, -0.15) is 0 Å². The van der Waals surface area contributed by atoms with Crippen molar-refractivity contribution in [3.8, 4) is 5.75 Å². The Morgan fingerprint density at radius 2 is 1.59 bits per heavy atom. The minimum Gasteiger partial charge on any atom is -0.497 e. The molecular formula is C30H39N3O6. The van der Waals surface area contributed by atoms with Crippen molar-refractivity contribution in [2.24, 2.45) is 5.92 Å². The summed E-state index contributed by atoms with van der Waals surface area (Å²) in [6, 6.07) is 15.1. The predicted octanol–water partition coefficient (Wildman–Crippen LogP) is 3.14. The van der Waals surface area contributed by atoms with Gasteiger partial charge in [0.25, 0.3) is 0 Å². The topological polar surface area (TPSA) is 88.6 Å². The van der Waals surface area contributed by atoms with Gasteiger partial charge in [-0.3, -0.25) is 14.5 Å². The number of nitrogens with zero attached hydrogens (tertiary/aromatic N) is 3. The van der Waals surface area contributed by atoms with Crippen molar-refractivity contribution in [3.63, 3.8) is 0 Å². The quantitative estimate of drug-likeness (QED) is 0.454. The minimum absolute atomic E-state index is 0.00517. The van der Waals surface area contributed by atoms with E-state index in [2.05, 4.69) is 4.90 Å². The summed E-state index contributed by atoms with van der Waals surface area (Å²) in [5, 5.41) is 0. The lowest BCUT2D eigenvalue weighted by molar-refractivity contribution is -0.141. The van der Waals surface area contributed by atoms with Gasteiger partial charge >= 0.3 is 5.97 Å². The molecule has 210 valence electrons. The molecule has 0 spiro atoms. The van der Waals surface area contributed by atoms with Crippen molar-refractivity contribution in [2.75, 3.05) is 60.0 Å². The van der Waals surface area contributed by atoms with Crippen molar-refractivity contribution in [3.05, 3.63) is 65.2 Å². The van der Waals surface area contributed by atoms with Crippen LogP contribution in [0.25, 0.3) is 0 Å². The van der Waals surface area contributed by atoms with Gasteiger partial charge in [-0.25, -0.2) is 4.79 Å². The third-order valence-corrected chi connectivity index (χ3v) is 7.69. The normalized spacial score (nSPS) is 17.5. The van der Waals surface area contributed by atoms with Crippen LogP contribution in [0.2, 0.25) is 0 Å². The molecule has 2 saturated heterocycles. The van der Waals surface area contributed by atoms with Crippen molar-refractivity contribution >= 4 is 17.8 Å². The standard InChI is InChI=1S/C30H39N3O6/c1-22(34)32-13-11-24(12-14-32)29(35)33-17-15-31(16-18-33)20-28(26-5-4-6-27(19-26)37-2)39-21-23-7-9-25(10-8-23)30(36)38-3/h4-10,19,24,28H,11-18,20-21H2,1-3H3. The fourth-order valence-corrected chi connectivity index (χ4v) is 5.23. The van der Waals surface area contributed by atoms with Crippen LogP contribution in [0, 0.1) is 5.92 Å². The third-order valence-electron chi connectivity index (χ3n) is 7.69. The molecule has 2 aromatic rings. The van der Waals surface area contributed by atoms with Gasteiger partial charge in [0.2, 0.25) is 11.8 Å². The molecule has 9 heteroatoms. The van der Waals surface area contributed by atoms with Gasteiger partial charge in [0, 0.05) is 58.7 Å². The Balaban J connectivity index is 1.35. The summed E-state index contributed by atoms with van der Waals surface area (Å²) >= 11 is 0. The van der Waals surface area contributed by atoms with Crippen LogP contribution in [0.4, 0.5) is 0 Å². The average Bonchev–Trinajstić information content (AvgIpc) is 2.99. The van der Waals surface area contributed by atoms with E-state index in [4.69, 9.17) is 14.2 Å². The van der Waals surface area contributed by atoms with Crippen molar-refractivity contribution in [2.45, 2.75) is 32.5 Å². The van der Waals surface area contributed by atoms with E-state index in [-0.39, 0.29) is 29.8 Å². The van der Waals surface area contributed by atoms with E-state index in [1.54, 1.807) is 26.2 Å². The number of amides is 2. The Labute approximate surface area is 230 Å². The van der Waals surface area contributed by atoms with Gasteiger partial charge in [0.05, 0.1) is 32.5 Å². The number of hydrogen-bond acceptors (Lipinski definition) is 7. The van der Waals surface area contributed by atoms with Gasteiger partial charge in [-0.15, -0.1) is 0 Å². The molecule has 39 heavy (non-hydrogen) atoms. The number of hydrogen-bond donors (Lipinski definition) is 0. The first-order valence-corrected chi connectivity index (χ1v) is 13.6. The zero-order valence-electron chi connectivity index (χ0n) is 23.1. The number of methoxy groups -OCH3 is 2. The van der Waals surface area contributed by atoms with Gasteiger partial charge in [0.1, 0.15) is 5.75 Å². The molecule has 0 bridgehead atoms. The summed E-state index contributed by atoms with van der Waals surface area (Å²) in [6.07, 6.45) is 1.29. The molecule has 2 amide bonds. The Morgan fingerprint density at radius 3 is 2.21 bits per heavy atom. The number of carbonyl (C=O) groups excluding carboxylic acids is 3. The van der Waals surface area contributed by atoms with Crippen LogP contribution in [0.1, 0.15) is 47.4 Å². The zero-order chi connectivity index (χ0) is 27.8. The van der Waals surface area contributed by atoms with Crippen molar-refractivity contribution in [1.82, 2.24) is 14.7 Å². The van der Waals surface area contributed by atoms with Crippen LogP contribution in [0.5, 0.6) is 5.75 Å². The highest BCUT2D eigenvalue weighted by Gasteiger charge is 2.31. The van der Waals surface area contributed by atoms with Crippen LogP contribution in [-0.2, 0) is 25.7 Å². The molecule has 1 atom stereocenters. The van der Waals surface area contributed by atoms with Crippen LogP contribution in [-0.4, -0.2) is 92.5 Å². The van der Waals surface area contributed by atoms with Gasteiger partial charge in [0.15, 0.2) is 0 Å². The molecule has 2 fully saturated rings. The van der Waals surface area contributed by atoms with Crippen molar-refractivity contribution in [1.29, 1.82) is 0 Å². The first-order valence-electron chi connectivity index (χ1n) is 13.6. The number of esters is 1. The molecule has 1 unspecified atom stereocenters. The second-order valence-electron chi connectivity index (χ2n) is 10.2. The maximum Gasteiger partial charge on any atom is 0.337 e. The number of likely N-dealkylation sites (tertiary alicyclic amines) is 1. The SMILES string of the molecule is COC(=O)c1ccc(COC(CN2CCN(C(=O)C3CCN(C(C)=O)CC3)CC2)c2cccc(OC)c2)cc1. The molecule has 4 rings (SSSR count). The first-order chi connectivity index (χ1) is 18.9. The van der Waals surface area contributed by atoms with E-state index >= 15 is 0 Å². The van der Waals surface area contributed by atoms with Crippen LogP contribution >= 0.6 is 0 Å². The second kappa shape index (κ2) is 13.6. The fourth-order valence-electron chi connectivity index (χ4n) is 5.23. The number of carbonyl (C=O) groups is 3. The average molecular weight is 538 g/mol. The Morgan fingerprint density at radius 1 is 0.897 bits per heavy atom. The molecule has 2 aliphatic heterocycles. The number of benzene rings is 2. The maximum absolute atomic E-state index is 13.1. The Kier molecular flexibility index (Phi) is 9.95. The van der Waals surface area contributed by atoms with E-state index < -0.39 is 0 Å². The van der Waals surface area contributed by atoms with Crippen LogP contribution in [0.15, 0.2) is 48.5 Å². The molecule has 2 heterocycles. The molecule has 0 N–H and O–H groups in total. The van der Waals surface area contributed by atoms with Gasteiger partial charge < -0.3 is 24.0 Å². The zero-order valence-corrected chi connectivity index (χ0v) is 23.1. The fraction of sp³-hybridized carbons (Fsp3) is 0.500. The number of rotatable bonds is 9. The lowest BCUT2D eigenvalue weighted by atomic mass is 9.95. The highest BCUT2D eigenvalue weighted by atomic mass is 16.5. The van der Waals surface area contributed by atoms with Crippen LogP contribution < -0.4 is 4.74 Å². The molecular weight excluding hydrogens is 498 g/mol. The minimum atomic E-state index is -0.365. The van der Waals surface area contributed by atoms with Gasteiger partial charge in [-0.1, -0.05) is 24.3 Å². The van der Waals surface area contributed by atoms with Crippen LogP contribution in [0.3, 0.4) is 0 Å². The second-order valence-corrected chi connectivity index (χ2v) is 10.2. The molecule has 2 aliphatic rings. The van der Waals surface area contributed by atoms with Crippen molar-refractivity contribution < 1.29 is 28.6 Å². The van der Waals surface area contributed by atoms with E-state index in [0.29, 0.717) is 44.9 Å².